The Morgan fingerprint density at radius 1 is 1.22 bits per heavy atom. The molecule has 1 saturated heterocycles. The van der Waals surface area contributed by atoms with Gasteiger partial charge in [-0.3, -0.25) is 4.90 Å². The molecule has 8 heteroatoms. The van der Waals surface area contributed by atoms with Crippen molar-refractivity contribution >= 4 is 27.4 Å². The van der Waals surface area contributed by atoms with E-state index in [-0.39, 0.29) is 12.1 Å². The van der Waals surface area contributed by atoms with Gasteiger partial charge in [-0.25, -0.2) is 0 Å². The highest BCUT2D eigenvalue weighted by molar-refractivity contribution is 7.87. The Bertz CT molecular complexity index is 389. The van der Waals surface area contributed by atoms with E-state index in [1.54, 1.807) is 0 Å². The van der Waals surface area contributed by atoms with Crippen LogP contribution in [0.3, 0.4) is 0 Å². The zero-order valence-corrected chi connectivity index (χ0v) is 12.7. The number of thiocarbonyl (C=S) groups is 1. The van der Waals surface area contributed by atoms with E-state index in [9.17, 15) is 8.42 Å². The molecule has 0 aliphatic carbocycles. The quantitative estimate of drug-likeness (QED) is 0.670. The van der Waals surface area contributed by atoms with Crippen molar-refractivity contribution in [2.24, 2.45) is 5.73 Å². The first-order valence-corrected chi connectivity index (χ1v) is 7.89. The number of hydrogen-bond donors (Lipinski definition) is 2. The van der Waals surface area contributed by atoms with Crippen LogP contribution < -0.4 is 10.5 Å². The highest BCUT2D eigenvalue weighted by atomic mass is 32.2. The Balaban J connectivity index is 2.56. The van der Waals surface area contributed by atoms with Gasteiger partial charge >= 0.3 is 0 Å². The van der Waals surface area contributed by atoms with Crippen LogP contribution in [-0.2, 0) is 10.2 Å². The second-order valence-corrected chi connectivity index (χ2v) is 6.96. The molecule has 0 aromatic carbocycles. The molecule has 3 N–H and O–H groups in total. The van der Waals surface area contributed by atoms with Crippen LogP contribution in [0.5, 0.6) is 0 Å². The molecular weight excluding hydrogens is 272 g/mol. The molecular formula is C10H22N4O2S2. The van der Waals surface area contributed by atoms with Gasteiger partial charge in [-0.1, -0.05) is 12.2 Å². The average Bonchev–Trinajstić information content (AvgIpc) is 2.26. The van der Waals surface area contributed by atoms with Crippen LogP contribution in [0.4, 0.5) is 0 Å². The zero-order chi connectivity index (χ0) is 13.9. The van der Waals surface area contributed by atoms with Crippen molar-refractivity contribution in [3.05, 3.63) is 0 Å². The molecule has 6 nitrogen and oxygen atoms in total. The van der Waals surface area contributed by atoms with Crippen LogP contribution >= 0.6 is 12.2 Å². The molecule has 18 heavy (non-hydrogen) atoms. The second-order valence-electron chi connectivity index (χ2n) is 4.79. The summed E-state index contributed by atoms with van der Waals surface area (Å²) < 4.78 is 28.0. The molecule has 1 rings (SSSR count). The van der Waals surface area contributed by atoms with Crippen molar-refractivity contribution in [1.29, 1.82) is 0 Å². The van der Waals surface area contributed by atoms with Gasteiger partial charge < -0.3 is 5.73 Å². The SMILES string of the molecule is CC(C)NS(=O)(=O)N1CCN(C(C)C(N)=S)CC1. The Morgan fingerprint density at radius 3 is 2.11 bits per heavy atom. The summed E-state index contributed by atoms with van der Waals surface area (Å²) >= 11 is 4.95. The van der Waals surface area contributed by atoms with Gasteiger partial charge in [0.15, 0.2) is 0 Å². The van der Waals surface area contributed by atoms with E-state index in [1.165, 1.54) is 4.31 Å². The van der Waals surface area contributed by atoms with Crippen molar-refractivity contribution in [1.82, 2.24) is 13.9 Å². The van der Waals surface area contributed by atoms with Gasteiger partial charge in [0.25, 0.3) is 10.2 Å². The maximum atomic E-state index is 12.0. The van der Waals surface area contributed by atoms with Crippen molar-refractivity contribution in [2.75, 3.05) is 26.2 Å². The fraction of sp³-hybridized carbons (Fsp3) is 0.900. The lowest BCUT2D eigenvalue weighted by atomic mass is 10.2. The van der Waals surface area contributed by atoms with E-state index in [1.807, 2.05) is 20.8 Å². The van der Waals surface area contributed by atoms with Gasteiger partial charge in [-0.15, -0.1) is 0 Å². The molecule has 1 aliphatic heterocycles. The molecule has 1 fully saturated rings. The first kappa shape index (κ1) is 15.8. The molecule has 1 heterocycles. The maximum Gasteiger partial charge on any atom is 0.279 e. The van der Waals surface area contributed by atoms with Gasteiger partial charge in [0.05, 0.1) is 11.0 Å². The average molecular weight is 294 g/mol. The Labute approximate surface area is 115 Å². The molecule has 0 bridgehead atoms. The lowest BCUT2D eigenvalue weighted by molar-refractivity contribution is 0.173. The summed E-state index contributed by atoms with van der Waals surface area (Å²) in [6.07, 6.45) is 0. The van der Waals surface area contributed by atoms with E-state index in [2.05, 4.69) is 9.62 Å². The van der Waals surface area contributed by atoms with Gasteiger partial charge in [-0.05, 0) is 20.8 Å². The summed E-state index contributed by atoms with van der Waals surface area (Å²) in [5.74, 6) is 0. The maximum absolute atomic E-state index is 12.0. The molecule has 1 atom stereocenters. The van der Waals surface area contributed by atoms with Gasteiger partial charge in [0, 0.05) is 32.2 Å². The first-order chi connectivity index (χ1) is 8.24. The predicted molar refractivity (Wildman–Crippen MR) is 76.6 cm³/mol. The fourth-order valence-electron chi connectivity index (χ4n) is 1.88. The number of piperazine rings is 1. The summed E-state index contributed by atoms with van der Waals surface area (Å²) in [4.78, 5) is 2.55. The molecule has 0 amide bonds. The predicted octanol–water partition coefficient (Wildman–Crippen LogP) is -0.479. The smallest absolute Gasteiger partial charge is 0.279 e. The van der Waals surface area contributed by atoms with Crippen LogP contribution in [0.1, 0.15) is 20.8 Å². The van der Waals surface area contributed by atoms with Crippen molar-refractivity contribution < 1.29 is 8.42 Å². The van der Waals surface area contributed by atoms with E-state index in [0.29, 0.717) is 31.2 Å². The third kappa shape index (κ3) is 4.13. The van der Waals surface area contributed by atoms with E-state index >= 15 is 0 Å². The summed E-state index contributed by atoms with van der Waals surface area (Å²) in [5, 5.41) is 0. The van der Waals surface area contributed by atoms with Gasteiger partial charge in [0.2, 0.25) is 0 Å². The third-order valence-electron chi connectivity index (χ3n) is 2.96. The Kier molecular flexibility index (Phi) is 5.47. The molecule has 106 valence electrons. The van der Waals surface area contributed by atoms with Crippen molar-refractivity contribution in [3.63, 3.8) is 0 Å². The lowest BCUT2D eigenvalue weighted by Gasteiger charge is -2.37. The topological polar surface area (TPSA) is 78.7 Å². The molecule has 0 aromatic heterocycles. The highest BCUT2D eigenvalue weighted by Crippen LogP contribution is 2.09. The monoisotopic (exact) mass is 294 g/mol. The number of nitrogens with zero attached hydrogens (tertiary/aromatic N) is 2. The zero-order valence-electron chi connectivity index (χ0n) is 11.1. The molecule has 0 aromatic rings. The number of nitrogens with two attached hydrogens (primary N) is 1. The van der Waals surface area contributed by atoms with Crippen LogP contribution in [0.2, 0.25) is 0 Å². The van der Waals surface area contributed by atoms with Crippen LogP contribution in [0, 0.1) is 0 Å². The lowest BCUT2D eigenvalue weighted by Crippen LogP contribution is -2.56. The molecule has 0 spiro atoms. The molecule has 1 aliphatic rings. The van der Waals surface area contributed by atoms with Crippen molar-refractivity contribution in [2.45, 2.75) is 32.9 Å². The summed E-state index contributed by atoms with van der Waals surface area (Å²) in [6.45, 7) is 7.80. The van der Waals surface area contributed by atoms with E-state index in [4.69, 9.17) is 18.0 Å². The summed E-state index contributed by atoms with van der Waals surface area (Å²) in [5.41, 5.74) is 5.60. The van der Waals surface area contributed by atoms with Gasteiger partial charge in [0.1, 0.15) is 0 Å². The Morgan fingerprint density at radius 2 is 1.72 bits per heavy atom. The summed E-state index contributed by atoms with van der Waals surface area (Å²) in [7, 11) is -3.36. The van der Waals surface area contributed by atoms with Crippen LogP contribution in [0.15, 0.2) is 0 Å². The third-order valence-corrected chi connectivity index (χ3v) is 5.11. The summed E-state index contributed by atoms with van der Waals surface area (Å²) in [6, 6.07) is -0.0773. The highest BCUT2D eigenvalue weighted by Gasteiger charge is 2.29. The minimum Gasteiger partial charge on any atom is -0.392 e. The number of hydrogen-bond acceptors (Lipinski definition) is 4. The largest absolute Gasteiger partial charge is 0.392 e. The normalized spacial score (nSPS) is 21.1. The first-order valence-electron chi connectivity index (χ1n) is 6.05. The second kappa shape index (κ2) is 6.25. The minimum absolute atomic E-state index is 0.0166. The number of nitrogens with one attached hydrogen (secondary N) is 1. The van der Waals surface area contributed by atoms with Crippen LogP contribution in [0.25, 0.3) is 0 Å². The fourth-order valence-corrected chi connectivity index (χ4v) is 3.42. The van der Waals surface area contributed by atoms with E-state index < -0.39 is 10.2 Å². The molecule has 0 radical (unpaired) electrons. The van der Waals surface area contributed by atoms with Crippen molar-refractivity contribution in [3.8, 4) is 0 Å². The van der Waals surface area contributed by atoms with E-state index in [0.717, 1.165) is 0 Å². The van der Waals surface area contributed by atoms with Gasteiger partial charge in [-0.2, -0.15) is 17.4 Å². The molecule has 0 saturated carbocycles. The van der Waals surface area contributed by atoms with Crippen LogP contribution in [-0.4, -0.2) is 60.9 Å². The molecule has 1 unspecified atom stereocenters. The Hall–Kier alpha value is -0.280. The standard InChI is InChI=1S/C10H22N4O2S2/c1-8(2)12-18(15,16)14-6-4-13(5-7-14)9(3)10(11)17/h8-9,12H,4-7H2,1-3H3,(H2,11,17). The minimum atomic E-state index is -3.36. The number of rotatable bonds is 5.